The topological polar surface area (TPSA) is 37.8 Å². The Labute approximate surface area is 145 Å². The highest BCUT2D eigenvalue weighted by atomic mass is 79.9. The molecule has 1 aromatic rings. The van der Waals surface area contributed by atoms with Crippen LogP contribution in [0.5, 0.6) is 0 Å². The second-order valence-corrected chi connectivity index (χ2v) is 9.13. The van der Waals surface area contributed by atoms with E-state index in [2.05, 4.69) is 48.9 Å². The van der Waals surface area contributed by atoms with Crippen molar-refractivity contribution in [2.45, 2.75) is 56.3 Å². The van der Waals surface area contributed by atoms with Crippen LogP contribution >= 0.6 is 39.5 Å². The Morgan fingerprint density at radius 2 is 2.00 bits per heavy atom. The summed E-state index contributed by atoms with van der Waals surface area (Å²) in [5, 5.41) is 5.13. The molecule has 2 rings (SSSR count). The number of nitrogens with zero attached hydrogens (tertiary/aromatic N) is 2. The van der Waals surface area contributed by atoms with Gasteiger partial charge in [-0.25, -0.2) is 9.97 Å². The third-order valence-electron chi connectivity index (χ3n) is 3.61. The van der Waals surface area contributed by atoms with Crippen LogP contribution in [0.1, 0.15) is 50.9 Å². The Bertz CT molecular complexity index is 457. The third-order valence-corrected chi connectivity index (χ3v) is 7.83. The zero-order valence-corrected chi connectivity index (χ0v) is 16.4. The summed E-state index contributed by atoms with van der Waals surface area (Å²) in [7, 11) is 0. The molecule has 1 N–H and O–H groups in total. The summed E-state index contributed by atoms with van der Waals surface area (Å²) in [6.07, 6.45) is 2.09. The summed E-state index contributed by atoms with van der Waals surface area (Å²) in [4.78, 5) is 9.64. The molecule has 118 valence electrons. The van der Waals surface area contributed by atoms with Crippen molar-refractivity contribution in [1.29, 1.82) is 0 Å². The number of rotatable bonds is 5. The van der Waals surface area contributed by atoms with Gasteiger partial charge in [0, 0.05) is 22.8 Å². The maximum Gasteiger partial charge on any atom is 0.144 e. The van der Waals surface area contributed by atoms with Crippen LogP contribution in [0.15, 0.2) is 4.47 Å². The number of hydrogen-bond donors (Lipinski definition) is 1. The van der Waals surface area contributed by atoms with Crippen molar-refractivity contribution >= 4 is 45.3 Å². The SMILES string of the molecule is CCCc1nc(C2CSC(C)C(C)S2)nc(NCC)c1Br. The molecule has 0 saturated carbocycles. The van der Waals surface area contributed by atoms with E-state index in [1.54, 1.807) is 0 Å². The Balaban J connectivity index is 2.29. The first kappa shape index (κ1) is 17.4. The first-order chi connectivity index (χ1) is 10.1. The molecule has 1 aliphatic heterocycles. The van der Waals surface area contributed by atoms with E-state index in [1.165, 1.54) is 0 Å². The molecule has 3 atom stereocenters. The van der Waals surface area contributed by atoms with Crippen molar-refractivity contribution in [3.8, 4) is 0 Å². The van der Waals surface area contributed by atoms with Gasteiger partial charge < -0.3 is 5.32 Å². The van der Waals surface area contributed by atoms with Crippen LogP contribution in [0.2, 0.25) is 0 Å². The van der Waals surface area contributed by atoms with Gasteiger partial charge in [0.05, 0.1) is 15.4 Å². The van der Waals surface area contributed by atoms with Crippen molar-refractivity contribution < 1.29 is 0 Å². The van der Waals surface area contributed by atoms with Gasteiger partial charge in [-0.2, -0.15) is 11.8 Å². The van der Waals surface area contributed by atoms with E-state index in [0.29, 0.717) is 15.7 Å². The summed E-state index contributed by atoms with van der Waals surface area (Å²) in [5.74, 6) is 3.05. The van der Waals surface area contributed by atoms with Gasteiger partial charge in [-0.3, -0.25) is 0 Å². The molecule has 0 spiro atoms. The Morgan fingerprint density at radius 3 is 2.62 bits per heavy atom. The molecule has 0 amide bonds. The minimum Gasteiger partial charge on any atom is -0.369 e. The van der Waals surface area contributed by atoms with Crippen LogP contribution in [0.3, 0.4) is 0 Å². The second kappa shape index (κ2) is 8.06. The fourth-order valence-electron chi connectivity index (χ4n) is 2.26. The molecule has 0 aromatic carbocycles. The lowest BCUT2D eigenvalue weighted by Gasteiger charge is -2.30. The van der Waals surface area contributed by atoms with Crippen molar-refractivity contribution in [3.05, 3.63) is 16.0 Å². The average Bonchev–Trinajstić information content (AvgIpc) is 2.46. The largest absolute Gasteiger partial charge is 0.369 e. The fourth-order valence-corrected chi connectivity index (χ4v) is 5.62. The van der Waals surface area contributed by atoms with Gasteiger partial charge in [0.25, 0.3) is 0 Å². The molecule has 1 saturated heterocycles. The number of aryl methyl sites for hydroxylation is 1. The van der Waals surface area contributed by atoms with E-state index in [-0.39, 0.29) is 0 Å². The van der Waals surface area contributed by atoms with E-state index in [4.69, 9.17) is 9.97 Å². The number of anilines is 1. The minimum atomic E-state index is 0.405. The number of nitrogens with one attached hydrogen (secondary N) is 1. The lowest BCUT2D eigenvalue weighted by Crippen LogP contribution is -2.23. The van der Waals surface area contributed by atoms with Gasteiger partial charge in [0.2, 0.25) is 0 Å². The zero-order chi connectivity index (χ0) is 15.4. The summed E-state index contributed by atoms with van der Waals surface area (Å²) in [6.45, 7) is 9.79. The molecule has 6 heteroatoms. The van der Waals surface area contributed by atoms with Gasteiger partial charge in [-0.15, -0.1) is 11.8 Å². The van der Waals surface area contributed by atoms with Crippen LogP contribution in [-0.2, 0) is 6.42 Å². The van der Waals surface area contributed by atoms with E-state index < -0.39 is 0 Å². The van der Waals surface area contributed by atoms with Crippen LogP contribution in [0.4, 0.5) is 5.82 Å². The van der Waals surface area contributed by atoms with Gasteiger partial charge in [-0.05, 0) is 29.3 Å². The first-order valence-corrected chi connectivity index (χ1v) is 10.4. The molecule has 21 heavy (non-hydrogen) atoms. The lowest BCUT2D eigenvalue weighted by molar-refractivity contribution is 0.810. The highest BCUT2D eigenvalue weighted by Gasteiger charge is 2.29. The summed E-state index contributed by atoms with van der Waals surface area (Å²) in [5.41, 5.74) is 1.13. The first-order valence-electron chi connectivity index (χ1n) is 7.64. The van der Waals surface area contributed by atoms with Crippen LogP contribution in [-0.4, -0.2) is 32.8 Å². The smallest absolute Gasteiger partial charge is 0.144 e. The third kappa shape index (κ3) is 4.29. The maximum absolute atomic E-state index is 4.86. The minimum absolute atomic E-state index is 0.405. The van der Waals surface area contributed by atoms with Gasteiger partial charge in [-0.1, -0.05) is 27.2 Å². The van der Waals surface area contributed by atoms with Crippen LogP contribution in [0.25, 0.3) is 0 Å². The predicted molar refractivity (Wildman–Crippen MR) is 99.6 cm³/mol. The van der Waals surface area contributed by atoms with Crippen molar-refractivity contribution in [1.82, 2.24) is 9.97 Å². The molecule has 1 aromatic heterocycles. The molecule has 3 nitrogen and oxygen atoms in total. The highest BCUT2D eigenvalue weighted by molar-refractivity contribution is 9.10. The molecular weight excluding hydrogens is 366 g/mol. The van der Waals surface area contributed by atoms with E-state index in [0.717, 1.165) is 46.9 Å². The van der Waals surface area contributed by atoms with E-state index in [9.17, 15) is 0 Å². The maximum atomic E-state index is 4.86. The molecule has 2 heterocycles. The second-order valence-electron chi connectivity index (χ2n) is 5.34. The summed E-state index contributed by atoms with van der Waals surface area (Å²) >= 11 is 7.72. The van der Waals surface area contributed by atoms with Crippen LogP contribution in [0, 0.1) is 0 Å². The molecule has 0 aliphatic carbocycles. The lowest BCUT2D eigenvalue weighted by atomic mass is 10.2. The van der Waals surface area contributed by atoms with E-state index >= 15 is 0 Å². The average molecular weight is 390 g/mol. The molecule has 3 unspecified atom stereocenters. The number of aromatic nitrogens is 2. The Kier molecular flexibility index (Phi) is 6.69. The monoisotopic (exact) mass is 389 g/mol. The Hall–Kier alpha value is 0.0600. The molecule has 1 aliphatic rings. The van der Waals surface area contributed by atoms with E-state index in [1.807, 2.05) is 23.5 Å². The van der Waals surface area contributed by atoms with Gasteiger partial charge in [0.15, 0.2) is 0 Å². The molecular formula is C15H24BrN3S2. The van der Waals surface area contributed by atoms with Gasteiger partial charge >= 0.3 is 0 Å². The normalized spacial score (nSPS) is 25.9. The van der Waals surface area contributed by atoms with Crippen LogP contribution < -0.4 is 5.32 Å². The number of thioether (sulfide) groups is 2. The number of halogens is 1. The highest BCUT2D eigenvalue weighted by Crippen LogP contribution is 2.44. The molecule has 0 radical (unpaired) electrons. The molecule has 0 bridgehead atoms. The predicted octanol–water partition coefficient (Wildman–Crippen LogP) is 4.92. The van der Waals surface area contributed by atoms with Crippen molar-refractivity contribution in [2.24, 2.45) is 0 Å². The zero-order valence-electron chi connectivity index (χ0n) is 13.1. The Morgan fingerprint density at radius 1 is 1.24 bits per heavy atom. The summed E-state index contributed by atoms with van der Waals surface area (Å²) < 4.78 is 1.03. The standard InChI is InChI=1S/C15H24BrN3S2/c1-5-7-11-13(16)15(17-6-2)19-14(18-11)12-8-20-9(3)10(4)21-12/h9-10,12H,5-8H2,1-4H3,(H,17,18,19). The number of hydrogen-bond acceptors (Lipinski definition) is 5. The summed E-state index contributed by atoms with van der Waals surface area (Å²) in [6, 6.07) is 0. The van der Waals surface area contributed by atoms with Crippen molar-refractivity contribution in [2.75, 3.05) is 17.6 Å². The van der Waals surface area contributed by atoms with Crippen molar-refractivity contribution in [3.63, 3.8) is 0 Å². The fraction of sp³-hybridized carbons (Fsp3) is 0.733. The van der Waals surface area contributed by atoms with Gasteiger partial charge in [0.1, 0.15) is 11.6 Å². The molecule has 1 fully saturated rings. The quantitative estimate of drug-likeness (QED) is 0.772.